The summed E-state index contributed by atoms with van der Waals surface area (Å²) >= 11 is 0. The highest BCUT2D eigenvalue weighted by Gasteiger charge is 2.50. The zero-order chi connectivity index (χ0) is 12.0. The monoisotopic (exact) mass is 228 g/mol. The van der Waals surface area contributed by atoms with Crippen molar-refractivity contribution in [3.8, 4) is 5.75 Å². The number of amides is 1. The maximum Gasteiger partial charge on any atom is 0.259 e. The first-order chi connectivity index (χ1) is 8.12. The van der Waals surface area contributed by atoms with E-state index in [0.717, 1.165) is 6.54 Å². The number of nitrogens with zero attached hydrogens (tertiary/aromatic N) is 2. The Kier molecular flexibility index (Phi) is 2.19. The Morgan fingerprint density at radius 3 is 2.88 bits per heavy atom. The van der Waals surface area contributed by atoms with Gasteiger partial charge in [0, 0.05) is 19.5 Å². The van der Waals surface area contributed by atoms with Crippen LogP contribution in [0, 0.1) is 0 Å². The van der Waals surface area contributed by atoms with E-state index in [-0.39, 0.29) is 5.91 Å². The minimum absolute atomic E-state index is 0.152. The number of rotatable bonds is 0. The first kappa shape index (κ1) is 10.7. The molecule has 1 unspecified atom stereocenters. The van der Waals surface area contributed by atoms with Crippen LogP contribution in [0.1, 0.15) is 6.42 Å². The minimum atomic E-state index is -0.794. The molecule has 17 heavy (non-hydrogen) atoms. The van der Waals surface area contributed by atoms with E-state index in [4.69, 9.17) is 12.7 Å². The van der Waals surface area contributed by atoms with Gasteiger partial charge in [-0.1, -0.05) is 12.1 Å². The highest BCUT2D eigenvalue weighted by atomic mass is 16.5. The molecule has 2 aliphatic heterocycles. The van der Waals surface area contributed by atoms with Gasteiger partial charge < -0.3 is 14.4 Å². The zero-order valence-electron chi connectivity index (χ0n) is 9.72. The molecule has 0 aromatic heterocycles. The Hall–Kier alpha value is -1.49. The minimum Gasteiger partial charge on any atom is -0.474 e. The summed E-state index contributed by atoms with van der Waals surface area (Å²) in [6.07, 6.45) is 0.685. The van der Waals surface area contributed by atoms with Crippen LogP contribution >= 0.6 is 0 Å². The van der Waals surface area contributed by atoms with Gasteiger partial charge >= 0.3 is 0 Å². The molecular formula is C12H13BN2O2. The normalized spacial score (nSPS) is 28.3. The van der Waals surface area contributed by atoms with E-state index in [1.54, 1.807) is 6.07 Å². The molecule has 2 aliphatic rings. The second-order valence-electron chi connectivity index (χ2n) is 4.73. The highest BCUT2D eigenvalue weighted by Crippen LogP contribution is 2.39. The molecule has 1 saturated heterocycles. The van der Waals surface area contributed by atoms with Gasteiger partial charge in [0.1, 0.15) is 5.75 Å². The molecule has 3 rings (SSSR count). The quantitative estimate of drug-likeness (QED) is 0.608. The van der Waals surface area contributed by atoms with Crippen molar-refractivity contribution in [3.05, 3.63) is 24.3 Å². The molecular weight excluding hydrogens is 215 g/mol. The Bertz CT molecular complexity index is 479. The van der Waals surface area contributed by atoms with E-state index < -0.39 is 5.60 Å². The smallest absolute Gasteiger partial charge is 0.259 e. The molecule has 1 aromatic rings. The summed E-state index contributed by atoms with van der Waals surface area (Å²) in [5.74, 6) is 0.533. The van der Waals surface area contributed by atoms with Crippen LogP contribution in [0.15, 0.2) is 24.3 Å². The summed E-state index contributed by atoms with van der Waals surface area (Å²) in [5.41, 5.74) is -0.157. The average Bonchev–Trinajstić information content (AvgIpc) is 2.69. The fraction of sp³-hybridized carbons (Fsp3) is 0.417. The first-order valence-electron chi connectivity index (χ1n) is 5.68. The molecule has 0 saturated carbocycles. The molecule has 0 aliphatic carbocycles. The number of hydrogen-bond acceptors (Lipinski definition) is 3. The van der Waals surface area contributed by atoms with Crippen molar-refractivity contribution < 1.29 is 9.53 Å². The van der Waals surface area contributed by atoms with Crippen molar-refractivity contribution in [2.24, 2.45) is 0 Å². The van der Waals surface area contributed by atoms with Gasteiger partial charge in [0.15, 0.2) is 5.60 Å². The van der Waals surface area contributed by atoms with Crippen molar-refractivity contribution >= 4 is 19.6 Å². The molecule has 1 fully saturated rings. The molecule has 1 spiro atoms. The predicted molar refractivity (Wildman–Crippen MR) is 65.2 cm³/mol. The number of likely N-dealkylation sites (tertiary alicyclic amines) is 1. The number of carbonyl (C=O) groups is 1. The Balaban J connectivity index is 2.05. The fourth-order valence-electron chi connectivity index (χ4n) is 2.55. The summed E-state index contributed by atoms with van der Waals surface area (Å²) < 4.78 is 5.92. The van der Waals surface area contributed by atoms with Crippen LogP contribution in [0.2, 0.25) is 0 Å². The second kappa shape index (κ2) is 3.50. The molecule has 5 heteroatoms. The molecule has 2 radical (unpaired) electrons. The lowest BCUT2D eigenvalue weighted by atomic mass is 9.95. The lowest BCUT2D eigenvalue weighted by Crippen LogP contribution is -2.56. The van der Waals surface area contributed by atoms with Gasteiger partial charge in [-0.15, -0.1) is 0 Å². The zero-order valence-corrected chi connectivity index (χ0v) is 9.72. The maximum atomic E-state index is 12.3. The lowest BCUT2D eigenvalue weighted by molar-refractivity contribution is -0.133. The molecule has 0 bridgehead atoms. The van der Waals surface area contributed by atoms with Gasteiger partial charge in [-0.05, 0) is 19.2 Å². The van der Waals surface area contributed by atoms with Crippen LogP contribution in [0.25, 0.3) is 0 Å². The van der Waals surface area contributed by atoms with E-state index >= 15 is 0 Å². The van der Waals surface area contributed by atoms with E-state index in [1.807, 2.05) is 25.2 Å². The Morgan fingerprint density at radius 1 is 1.41 bits per heavy atom. The van der Waals surface area contributed by atoms with Gasteiger partial charge in [-0.3, -0.25) is 4.79 Å². The molecule has 1 aromatic carbocycles. The summed E-state index contributed by atoms with van der Waals surface area (Å²) in [6, 6.07) is 7.36. The molecule has 1 amide bonds. The van der Waals surface area contributed by atoms with Crippen LogP contribution in [0.5, 0.6) is 5.75 Å². The van der Waals surface area contributed by atoms with Gasteiger partial charge in [0.2, 0.25) is 7.98 Å². The summed E-state index contributed by atoms with van der Waals surface area (Å²) in [5, 5.41) is 0. The Labute approximate surface area is 102 Å². The number of benzene rings is 1. The molecule has 86 valence electrons. The first-order valence-corrected chi connectivity index (χ1v) is 5.68. The highest BCUT2D eigenvalue weighted by molar-refractivity contribution is 6.33. The Morgan fingerprint density at radius 2 is 2.18 bits per heavy atom. The largest absolute Gasteiger partial charge is 0.474 e. The van der Waals surface area contributed by atoms with Gasteiger partial charge in [0.05, 0.1) is 5.69 Å². The third-order valence-electron chi connectivity index (χ3n) is 3.46. The van der Waals surface area contributed by atoms with Crippen LogP contribution in [-0.2, 0) is 4.79 Å². The van der Waals surface area contributed by atoms with Crippen molar-refractivity contribution in [3.63, 3.8) is 0 Å². The number of likely N-dealkylation sites (N-methyl/N-ethyl adjacent to an activating group) is 1. The number of para-hydroxylation sites is 2. The van der Waals surface area contributed by atoms with Crippen molar-refractivity contribution in [2.45, 2.75) is 12.0 Å². The molecule has 4 nitrogen and oxygen atoms in total. The number of ether oxygens (including phenoxy) is 1. The van der Waals surface area contributed by atoms with Gasteiger partial charge in [-0.2, -0.15) is 0 Å². The number of fused-ring (bicyclic) bond motifs is 1. The third kappa shape index (κ3) is 1.46. The topological polar surface area (TPSA) is 32.8 Å². The van der Waals surface area contributed by atoms with Crippen LogP contribution in [-0.4, -0.2) is 44.5 Å². The van der Waals surface area contributed by atoms with Crippen molar-refractivity contribution in [2.75, 3.05) is 24.9 Å². The molecule has 0 N–H and O–H groups in total. The number of carbonyl (C=O) groups excluding carboxylic acids is 1. The van der Waals surface area contributed by atoms with E-state index in [2.05, 4.69) is 4.90 Å². The van der Waals surface area contributed by atoms with Crippen LogP contribution in [0.4, 0.5) is 5.69 Å². The van der Waals surface area contributed by atoms with Gasteiger partial charge in [-0.25, -0.2) is 0 Å². The standard InChI is InChI=1S/C12H13BN2O2/c1-14-7-6-12(8-14)11(16)15(13)9-4-2-3-5-10(9)17-12/h2-5H,6-8H2,1H3. The molecule has 1 atom stereocenters. The lowest BCUT2D eigenvalue weighted by Gasteiger charge is -2.39. The third-order valence-corrected chi connectivity index (χ3v) is 3.46. The average molecular weight is 228 g/mol. The second-order valence-corrected chi connectivity index (χ2v) is 4.73. The van der Waals surface area contributed by atoms with Crippen LogP contribution < -0.4 is 9.55 Å². The molecule has 2 heterocycles. The number of anilines is 1. The van der Waals surface area contributed by atoms with E-state index in [0.29, 0.717) is 24.4 Å². The van der Waals surface area contributed by atoms with Crippen molar-refractivity contribution in [1.29, 1.82) is 0 Å². The summed E-state index contributed by atoms with van der Waals surface area (Å²) in [4.78, 5) is 15.6. The van der Waals surface area contributed by atoms with Crippen molar-refractivity contribution in [1.82, 2.24) is 4.90 Å². The van der Waals surface area contributed by atoms with E-state index in [9.17, 15) is 4.79 Å². The van der Waals surface area contributed by atoms with Gasteiger partial charge in [0.25, 0.3) is 5.91 Å². The fourth-order valence-corrected chi connectivity index (χ4v) is 2.55. The number of hydrogen-bond donors (Lipinski definition) is 0. The maximum absolute atomic E-state index is 12.3. The SMILES string of the molecule is [B]N1C(=O)C2(CCN(C)C2)Oc2ccccc21. The van der Waals surface area contributed by atoms with E-state index in [1.165, 1.54) is 4.81 Å². The summed E-state index contributed by atoms with van der Waals surface area (Å²) in [6.45, 7) is 1.44. The van der Waals surface area contributed by atoms with Crippen LogP contribution in [0.3, 0.4) is 0 Å². The predicted octanol–water partition coefficient (Wildman–Crippen LogP) is 0.570. The summed E-state index contributed by atoms with van der Waals surface area (Å²) in [7, 11) is 7.85.